The van der Waals surface area contributed by atoms with Crippen molar-refractivity contribution in [1.29, 1.82) is 0 Å². The van der Waals surface area contributed by atoms with Gasteiger partial charge in [0.1, 0.15) is 5.82 Å². The fourth-order valence-electron chi connectivity index (χ4n) is 2.65. The van der Waals surface area contributed by atoms with E-state index in [2.05, 4.69) is 12.2 Å². The van der Waals surface area contributed by atoms with Gasteiger partial charge in [-0.05, 0) is 31.7 Å². The van der Waals surface area contributed by atoms with Gasteiger partial charge in [0.25, 0.3) is 0 Å². The molecule has 20 heavy (non-hydrogen) atoms. The fourth-order valence-corrected chi connectivity index (χ4v) is 2.65. The first kappa shape index (κ1) is 14.8. The van der Waals surface area contributed by atoms with Gasteiger partial charge in [-0.2, -0.15) is 0 Å². The molecule has 0 saturated carbocycles. The summed E-state index contributed by atoms with van der Waals surface area (Å²) in [5.74, 6) is 0.00252. The summed E-state index contributed by atoms with van der Waals surface area (Å²) in [6, 6.07) is 6.70. The van der Waals surface area contributed by atoms with Gasteiger partial charge in [-0.25, -0.2) is 4.39 Å². The summed E-state index contributed by atoms with van der Waals surface area (Å²) in [7, 11) is 0. The van der Waals surface area contributed by atoms with E-state index in [4.69, 9.17) is 0 Å². The molecule has 3 heteroatoms. The molecule has 2 nitrogen and oxygen atoms in total. The first-order chi connectivity index (χ1) is 9.72. The predicted octanol–water partition coefficient (Wildman–Crippen LogP) is 3.92. The molecule has 0 bridgehead atoms. The summed E-state index contributed by atoms with van der Waals surface area (Å²) in [6.07, 6.45) is 7.80. The first-order valence-electron chi connectivity index (χ1n) is 7.39. The molecule has 0 aromatic heterocycles. The Morgan fingerprint density at radius 1 is 1.35 bits per heavy atom. The van der Waals surface area contributed by atoms with Crippen molar-refractivity contribution in [3.63, 3.8) is 0 Å². The van der Waals surface area contributed by atoms with Crippen molar-refractivity contribution in [2.45, 2.75) is 39.2 Å². The third kappa shape index (κ3) is 3.69. The minimum Gasteiger partial charge on any atom is -0.338 e. The molecule has 0 radical (unpaired) electrons. The maximum Gasteiger partial charge on any atom is 0.226 e. The number of allylic oxidation sites excluding steroid dienone is 2. The van der Waals surface area contributed by atoms with Crippen molar-refractivity contribution in [1.82, 2.24) is 4.90 Å². The van der Waals surface area contributed by atoms with E-state index in [0.717, 1.165) is 25.7 Å². The minimum absolute atomic E-state index is 0.0679. The van der Waals surface area contributed by atoms with Gasteiger partial charge in [-0.3, -0.25) is 4.79 Å². The van der Waals surface area contributed by atoms with Crippen LogP contribution in [0.1, 0.15) is 38.2 Å². The summed E-state index contributed by atoms with van der Waals surface area (Å²) in [6.45, 7) is 3.11. The summed E-state index contributed by atoms with van der Waals surface area (Å²) in [5, 5.41) is 0. The van der Waals surface area contributed by atoms with Crippen LogP contribution in [0.15, 0.2) is 36.4 Å². The molecular weight excluding hydrogens is 253 g/mol. The van der Waals surface area contributed by atoms with E-state index in [0.29, 0.717) is 18.7 Å². The minimum atomic E-state index is -0.232. The van der Waals surface area contributed by atoms with Crippen molar-refractivity contribution in [3.8, 4) is 0 Å². The van der Waals surface area contributed by atoms with Crippen molar-refractivity contribution < 1.29 is 9.18 Å². The monoisotopic (exact) mass is 275 g/mol. The van der Waals surface area contributed by atoms with Crippen LogP contribution in [0.5, 0.6) is 0 Å². The molecule has 108 valence electrons. The van der Waals surface area contributed by atoms with Gasteiger partial charge in [0.15, 0.2) is 0 Å². The summed E-state index contributed by atoms with van der Waals surface area (Å²) < 4.78 is 13.7. The Kier molecular flexibility index (Phi) is 5.33. The largest absolute Gasteiger partial charge is 0.338 e. The van der Waals surface area contributed by atoms with E-state index >= 15 is 0 Å². The highest BCUT2D eigenvalue weighted by Gasteiger charge is 2.24. The molecular formula is C17H22FNO. The average Bonchev–Trinajstić information content (AvgIpc) is 2.49. The smallest absolute Gasteiger partial charge is 0.226 e. The maximum absolute atomic E-state index is 13.7. The number of carbonyl (C=O) groups excluding carboxylic acids is 1. The first-order valence-corrected chi connectivity index (χ1v) is 7.39. The number of nitrogens with zero attached hydrogens (tertiary/aromatic N) is 1. The normalized spacial score (nSPS) is 18.0. The van der Waals surface area contributed by atoms with Crippen LogP contribution in [0, 0.1) is 11.7 Å². The average molecular weight is 275 g/mol. The molecule has 0 spiro atoms. The molecule has 0 aliphatic heterocycles. The zero-order chi connectivity index (χ0) is 14.4. The van der Waals surface area contributed by atoms with E-state index in [-0.39, 0.29) is 17.6 Å². The van der Waals surface area contributed by atoms with Crippen LogP contribution in [0.4, 0.5) is 4.39 Å². The highest BCUT2D eigenvalue weighted by molar-refractivity contribution is 5.79. The fraction of sp³-hybridized carbons (Fsp3) is 0.471. The van der Waals surface area contributed by atoms with Gasteiger partial charge in [-0.15, -0.1) is 0 Å². The van der Waals surface area contributed by atoms with Gasteiger partial charge in [-0.1, -0.05) is 37.3 Å². The standard InChI is InChI=1S/C17H22FNO/c1-2-12-19(13-15-10-6-7-11-16(15)18)17(20)14-8-4-3-5-9-14/h3-4,6-7,10-11,14H,2,5,8-9,12-13H2,1H3/t14-/m0/s1. The molecule has 1 aromatic rings. The topological polar surface area (TPSA) is 20.3 Å². The molecule has 0 fully saturated rings. The van der Waals surface area contributed by atoms with Gasteiger partial charge >= 0.3 is 0 Å². The second-order valence-electron chi connectivity index (χ2n) is 5.33. The Morgan fingerprint density at radius 2 is 2.15 bits per heavy atom. The Balaban J connectivity index is 2.08. The lowest BCUT2D eigenvalue weighted by atomic mass is 9.93. The molecule has 0 N–H and O–H groups in total. The predicted molar refractivity (Wildman–Crippen MR) is 78.6 cm³/mol. The number of hydrogen-bond donors (Lipinski definition) is 0. The van der Waals surface area contributed by atoms with E-state index in [1.54, 1.807) is 12.1 Å². The van der Waals surface area contributed by atoms with E-state index in [1.807, 2.05) is 17.9 Å². The van der Waals surface area contributed by atoms with Crippen LogP contribution in [-0.2, 0) is 11.3 Å². The molecule has 0 saturated heterocycles. The molecule has 1 atom stereocenters. The number of amides is 1. The van der Waals surface area contributed by atoms with Crippen LogP contribution in [0.3, 0.4) is 0 Å². The molecule has 0 unspecified atom stereocenters. The molecule has 2 rings (SSSR count). The lowest BCUT2D eigenvalue weighted by Gasteiger charge is -2.28. The van der Waals surface area contributed by atoms with Gasteiger partial charge < -0.3 is 4.90 Å². The second-order valence-corrected chi connectivity index (χ2v) is 5.33. The number of halogens is 1. The Bertz CT molecular complexity index is 484. The van der Waals surface area contributed by atoms with Gasteiger partial charge in [0.2, 0.25) is 5.91 Å². The van der Waals surface area contributed by atoms with Crippen LogP contribution in [0.25, 0.3) is 0 Å². The molecule has 1 aliphatic carbocycles. The quantitative estimate of drug-likeness (QED) is 0.746. The molecule has 0 heterocycles. The van der Waals surface area contributed by atoms with Crippen LogP contribution in [0.2, 0.25) is 0 Å². The van der Waals surface area contributed by atoms with E-state index < -0.39 is 0 Å². The third-order valence-electron chi connectivity index (χ3n) is 3.74. The Hall–Kier alpha value is -1.64. The zero-order valence-electron chi connectivity index (χ0n) is 12.0. The molecule has 1 aliphatic rings. The Labute approximate surface area is 120 Å². The maximum atomic E-state index is 13.7. The van der Waals surface area contributed by atoms with Gasteiger partial charge in [0.05, 0.1) is 0 Å². The van der Waals surface area contributed by atoms with Crippen molar-refractivity contribution in [3.05, 3.63) is 47.8 Å². The summed E-state index contributed by atoms with van der Waals surface area (Å²) in [5.41, 5.74) is 0.598. The number of benzene rings is 1. The lowest BCUT2D eigenvalue weighted by Crippen LogP contribution is -2.36. The van der Waals surface area contributed by atoms with Crippen LogP contribution < -0.4 is 0 Å². The van der Waals surface area contributed by atoms with Crippen molar-refractivity contribution in [2.75, 3.05) is 6.54 Å². The highest BCUT2D eigenvalue weighted by Crippen LogP contribution is 2.22. The third-order valence-corrected chi connectivity index (χ3v) is 3.74. The second kappa shape index (κ2) is 7.22. The lowest BCUT2D eigenvalue weighted by molar-refractivity contribution is -0.136. The van der Waals surface area contributed by atoms with Crippen molar-refractivity contribution >= 4 is 5.91 Å². The van der Waals surface area contributed by atoms with E-state index in [1.165, 1.54) is 6.07 Å². The summed E-state index contributed by atoms with van der Waals surface area (Å²) in [4.78, 5) is 14.4. The zero-order valence-corrected chi connectivity index (χ0v) is 12.0. The number of carbonyl (C=O) groups is 1. The molecule has 1 amide bonds. The Morgan fingerprint density at radius 3 is 2.80 bits per heavy atom. The van der Waals surface area contributed by atoms with Crippen molar-refractivity contribution in [2.24, 2.45) is 5.92 Å². The number of hydrogen-bond acceptors (Lipinski definition) is 1. The van der Waals surface area contributed by atoms with Crippen LogP contribution in [-0.4, -0.2) is 17.4 Å². The van der Waals surface area contributed by atoms with Crippen LogP contribution >= 0.6 is 0 Å². The summed E-state index contributed by atoms with van der Waals surface area (Å²) >= 11 is 0. The highest BCUT2D eigenvalue weighted by atomic mass is 19.1. The SMILES string of the molecule is CCCN(Cc1ccccc1F)C(=O)[C@H]1CC=CCC1. The number of rotatable bonds is 5. The van der Waals surface area contributed by atoms with Gasteiger partial charge in [0, 0.05) is 24.6 Å². The van der Waals surface area contributed by atoms with E-state index in [9.17, 15) is 9.18 Å². The molecule has 1 aromatic carbocycles.